The van der Waals surface area contributed by atoms with Crippen molar-refractivity contribution in [2.75, 3.05) is 19.0 Å². The second kappa shape index (κ2) is 8.19. The fraction of sp³-hybridized carbons (Fsp3) is 0.286. The van der Waals surface area contributed by atoms with E-state index in [1.54, 1.807) is 12.1 Å². The summed E-state index contributed by atoms with van der Waals surface area (Å²) in [4.78, 5) is 38.0. The Hall–Kier alpha value is -3.33. The number of benzene rings is 1. The van der Waals surface area contributed by atoms with E-state index in [2.05, 4.69) is 15.4 Å². The van der Waals surface area contributed by atoms with E-state index < -0.39 is 17.9 Å². The molecule has 0 fully saturated rings. The van der Waals surface area contributed by atoms with Gasteiger partial charge in [0.1, 0.15) is 5.00 Å². The molecule has 3 aromatic rings. The number of thiophene rings is 1. The van der Waals surface area contributed by atoms with Gasteiger partial charge in [-0.15, -0.1) is 11.3 Å². The molecule has 0 saturated carbocycles. The van der Waals surface area contributed by atoms with E-state index in [1.807, 2.05) is 19.1 Å². The van der Waals surface area contributed by atoms with Crippen LogP contribution >= 0.6 is 11.3 Å². The van der Waals surface area contributed by atoms with Gasteiger partial charge in [0.2, 0.25) is 0 Å². The average molecular weight is 428 g/mol. The van der Waals surface area contributed by atoms with Gasteiger partial charge < -0.3 is 19.2 Å². The number of alkyl carbamates (subject to hydrolysis) is 1. The number of hydrogen-bond acceptors (Lipinski definition) is 7. The Morgan fingerprint density at radius 2 is 2.03 bits per heavy atom. The number of rotatable bonds is 5. The Labute approximate surface area is 176 Å². The zero-order chi connectivity index (χ0) is 21.3. The van der Waals surface area contributed by atoms with Crippen LogP contribution in [0.2, 0.25) is 0 Å². The first-order valence-corrected chi connectivity index (χ1v) is 10.3. The smallest absolute Gasteiger partial charge is 0.413 e. The average Bonchev–Trinajstić information content (AvgIpc) is 3.42. The van der Waals surface area contributed by atoms with Gasteiger partial charge in [-0.1, -0.05) is 12.1 Å². The van der Waals surface area contributed by atoms with Gasteiger partial charge in [0.15, 0.2) is 17.1 Å². The van der Waals surface area contributed by atoms with Crippen molar-refractivity contribution < 1.29 is 28.3 Å². The van der Waals surface area contributed by atoms with Crippen LogP contribution in [0.5, 0.6) is 5.75 Å². The number of fused-ring (bicyclic) bond motifs is 2. The number of aryl methyl sites for hydroxylation is 1. The van der Waals surface area contributed by atoms with Gasteiger partial charge in [-0.2, -0.15) is 0 Å². The SMILES string of the molecule is CCOc1cccc2cc(C(=O)Nc3sc4c(c3C(=O)NC(=O)OC)CCC4)oc12. The third-order valence-corrected chi connectivity index (χ3v) is 6.02. The Balaban J connectivity index is 1.64. The Kier molecular flexibility index (Phi) is 5.45. The minimum absolute atomic E-state index is 0.102. The normalized spacial score (nSPS) is 12.5. The van der Waals surface area contributed by atoms with Crippen LogP contribution in [0.3, 0.4) is 0 Å². The summed E-state index contributed by atoms with van der Waals surface area (Å²) in [5.41, 5.74) is 1.65. The quantitative estimate of drug-likeness (QED) is 0.633. The molecule has 1 aliphatic rings. The molecular weight excluding hydrogens is 408 g/mol. The minimum atomic E-state index is -0.851. The summed E-state index contributed by atoms with van der Waals surface area (Å²) in [6.07, 6.45) is 1.62. The van der Waals surface area contributed by atoms with Crippen LogP contribution in [0.25, 0.3) is 11.0 Å². The van der Waals surface area contributed by atoms with Crippen LogP contribution in [0.15, 0.2) is 28.7 Å². The number of nitrogens with one attached hydrogen (secondary N) is 2. The molecule has 30 heavy (non-hydrogen) atoms. The molecule has 0 bridgehead atoms. The highest BCUT2D eigenvalue weighted by Gasteiger charge is 2.29. The maximum Gasteiger partial charge on any atom is 0.413 e. The highest BCUT2D eigenvalue weighted by Crippen LogP contribution is 2.39. The summed E-state index contributed by atoms with van der Waals surface area (Å²) in [6, 6.07) is 7.05. The number of para-hydroxylation sites is 1. The standard InChI is InChI=1S/C21H20N2O6S/c1-3-28-13-8-4-6-11-10-14(29-17(11)13)18(24)22-20-16(19(25)23-21(26)27-2)12-7-5-9-15(12)30-20/h4,6,8,10H,3,5,7,9H2,1-2H3,(H,22,24)(H,23,25,26). The van der Waals surface area contributed by atoms with E-state index in [0.717, 1.165) is 28.7 Å². The first kappa shape index (κ1) is 20.0. The highest BCUT2D eigenvalue weighted by atomic mass is 32.1. The maximum atomic E-state index is 12.9. The number of anilines is 1. The maximum absolute atomic E-state index is 12.9. The lowest BCUT2D eigenvalue weighted by Crippen LogP contribution is -2.31. The zero-order valence-electron chi connectivity index (χ0n) is 16.5. The monoisotopic (exact) mass is 428 g/mol. The fourth-order valence-corrected chi connectivity index (χ4v) is 4.80. The molecule has 0 atom stereocenters. The lowest BCUT2D eigenvalue weighted by atomic mass is 10.1. The second-order valence-electron chi connectivity index (χ2n) is 6.68. The third-order valence-electron chi connectivity index (χ3n) is 4.81. The molecule has 8 nitrogen and oxygen atoms in total. The largest absolute Gasteiger partial charge is 0.490 e. The molecular formula is C21H20N2O6S. The number of hydrogen-bond donors (Lipinski definition) is 2. The number of ether oxygens (including phenoxy) is 2. The minimum Gasteiger partial charge on any atom is -0.490 e. The van der Waals surface area contributed by atoms with Gasteiger partial charge in [0, 0.05) is 10.3 Å². The Morgan fingerprint density at radius 3 is 2.80 bits per heavy atom. The number of imide groups is 1. The van der Waals surface area contributed by atoms with E-state index in [4.69, 9.17) is 9.15 Å². The van der Waals surface area contributed by atoms with Crippen LogP contribution in [0, 0.1) is 0 Å². The summed E-state index contributed by atoms with van der Waals surface area (Å²) < 4.78 is 15.8. The number of methoxy groups -OCH3 is 1. The molecule has 9 heteroatoms. The lowest BCUT2D eigenvalue weighted by molar-refractivity contribution is 0.0937. The first-order chi connectivity index (χ1) is 14.5. The molecule has 1 aromatic carbocycles. The van der Waals surface area contributed by atoms with Crippen molar-refractivity contribution in [2.45, 2.75) is 26.2 Å². The Morgan fingerprint density at radius 1 is 1.20 bits per heavy atom. The molecule has 0 spiro atoms. The summed E-state index contributed by atoms with van der Waals surface area (Å²) in [6.45, 7) is 2.34. The molecule has 156 valence electrons. The van der Waals surface area contributed by atoms with E-state index in [9.17, 15) is 14.4 Å². The van der Waals surface area contributed by atoms with Crippen molar-refractivity contribution in [3.05, 3.63) is 46.0 Å². The summed E-state index contributed by atoms with van der Waals surface area (Å²) in [7, 11) is 1.18. The number of carbonyl (C=O) groups is 3. The van der Waals surface area contributed by atoms with Crippen molar-refractivity contribution in [3.63, 3.8) is 0 Å². The highest BCUT2D eigenvalue weighted by molar-refractivity contribution is 7.17. The van der Waals surface area contributed by atoms with Crippen molar-refractivity contribution in [2.24, 2.45) is 0 Å². The number of furan rings is 1. The molecule has 0 radical (unpaired) electrons. The number of amides is 3. The van der Waals surface area contributed by atoms with E-state index in [-0.39, 0.29) is 5.76 Å². The summed E-state index contributed by atoms with van der Waals surface area (Å²) >= 11 is 1.34. The summed E-state index contributed by atoms with van der Waals surface area (Å²) in [5, 5.41) is 6.07. The van der Waals surface area contributed by atoms with E-state index >= 15 is 0 Å². The Bertz CT molecular complexity index is 1150. The van der Waals surface area contributed by atoms with Gasteiger partial charge in [-0.25, -0.2) is 4.79 Å². The van der Waals surface area contributed by atoms with Gasteiger partial charge >= 0.3 is 6.09 Å². The van der Waals surface area contributed by atoms with Crippen LogP contribution in [0.1, 0.15) is 44.7 Å². The summed E-state index contributed by atoms with van der Waals surface area (Å²) in [5.74, 6) is -0.423. The van der Waals surface area contributed by atoms with E-state index in [1.165, 1.54) is 18.4 Å². The topological polar surface area (TPSA) is 107 Å². The van der Waals surface area contributed by atoms with Crippen molar-refractivity contribution >= 4 is 45.2 Å². The van der Waals surface area contributed by atoms with E-state index in [0.29, 0.717) is 34.9 Å². The number of carbonyl (C=O) groups excluding carboxylic acids is 3. The molecule has 0 aliphatic heterocycles. The first-order valence-electron chi connectivity index (χ1n) is 9.52. The molecule has 0 saturated heterocycles. The van der Waals surface area contributed by atoms with Gasteiger partial charge in [0.25, 0.3) is 11.8 Å². The molecule has 2 aromatic heterocycles. The molecule has 3 amide bonds. The molecule has 4 rings (SSSR count). The van der Waals surface area contributed by atoms with Crippen LogP contribution < -0.4 is 15.4 Å². The lowest BCUT2D eigenvalue weighted by Gasteiger charge is -2.07. The van der Waals surface area contributed by atoms with Gasteiger partial charge in [-0.05, 0) is 43.9 Å². The second-order valence-corrected chi connectivity index (χ2v) is 7.78. The predicted molar refractivity (Wildman–Crippen MR) is 112 cm³/mol. The van der Waals surface area contributed by atoms with Crippen LogP contribution in [0.4, 0.5) is 9.80 Å². The molecule has 0 unspecified atom stereocenters. The van der Waals surface area contributed by atoms with Gasteiger partial charge in [0.05, 0.1) is 19.3 Å². The molecule has 2 N–H and O–H groups in total. The molecule has 2 heterocycles. The fourth-order valence-electron chi connectivity index (χ4n) is 3.52. The molecule has 1 aliphatic carbocycles. The van der Waals surface area contributed by atoms with Crippen molar-refractivity contribution in [1.82, 2.24) is 5.32 Å². The van der Waals surface area contributed by atoms with Crippen molar-refractivity contribution in [1.29, 1.82) is 0 Å². The zero-order valence-corrected chi connectivity index (χ0v) is 17.3. The van der Waals surface area contributed by atoms with Crippen LogP contribution in [-0.2, 0) is 17.6 Å². The predicted octanol–water partition coefficient (Wildman–Crippen LogP) is 4.13. The third kappa shape index (κ3) is 3.63. The van der Waals surface area contributed by atoms with Gasteiger partial charge in [-0.3, -0.25) is 14.9 Å². The van der Waals surface area contributed by atoms with Crippen LogP contribution in [-0.4, -0.2) is 31.6 Å². The van der Waals surface area contributed by atoms with Crippen molar-refractivity contribution in [3.8, 4) is 5.75 Å².